The van der Waals surface area contributed by atoms with Crippen LogP contribution in [0.5, 0.6) is 5.75 Å². The molecule has 2 aromatic rings. The minimum absolute atomic E-state index is 0.0810. The molecule has 1 amide bonds. The molecule has 2 aromatic carbocycles. The van der Waals surface area contributed by atoms with E-state index in [4.69, 9.17) is 25.1 Å². The molecule has 9 nitrogen and oxygen atoms in total. The van der Waals surface area contributed by atoms with Crippen LogP contribution in [0.3, 0.4) is 0 Å². The normalized spacial score (nSPS) is 21.2. The van der Waals surface area contributed by atoms with Crippen molar-refractivity contribution in [2.45, 2.75) is 56.8 Å². The van der Waals surface area contributed by atoms with Crippen LogP contribution in [-0.2, 0) is 22.5 Å². The van der Waals surface area contributed by atoms with Gasteiger partial charge in [-0.25, -0.2) is 4.99 Å². The minimum Gasteiger partial charge on any atom is -0.494 e. The monoisotopic (exact) mass is 463 g/mol. The van der Waals surface area contributed by atoms with E-state index in [1.807, 2.05) is 55.5 Å². The largest absolute Gasteiger partial charge is 0.494 e. The molecule has 1 fully saturated rings. The van der Waals surface area contributed by atoms with Crippen LogP contribution in [0, 0.1) is 0 Å². The molecule has 2 aliphatic rings. The number of carbonyl (C=O) groups excluding carboxylic acids is 1. The predicted octanol–water partition coefficient (Wildman–Crippen LogP) is 3.68. The molecule has 2 N–H and O–H groups in total. The van der Waals surface area contributed by atoms with Gasteiger partial charge in [-0.05, 0) is 60.7 Å². The maximum Gasteiger partial charge on any atom is 0.252 e. The first-order chi connectivity index (χ1) is 16.6. The topological polar surface area (TPSA) is 129 Å². The van der Waals surface area contributed by atoms with Gasteiger partial charge in [0.15, 0.2) is 5.54 Å². The Morgan fingerprint density at radius 1 is 1.26 bits per heavy atom. The van der Waals surface area contributed by atoms with Crippen LogP contribution in [0.15, 0.2) is 58.6 Å². The Kier molecular flexibility index (Phi) is 7.35. The quantitative estimate of drug-likeness (QED) is 0.228. The molecule has 1 heterocycles. The summed E-state index contributed by atoms with van der Waals surface area (Å²) in [6.07, 6.45) is 2.34. The molecule has 9 heteroatoms. The Morgan fingerprint density at radius 3 is 2.68 bits per heavy atom. The highest BCUT2D eigenvalue weighted by molar-refractivity contribution is 6.01. The molecule has 1 aliphatic carbocycles. The zero-order chi connectivity index (χ0) is 24.0. The number of carbonyl (C=O) groups is 1. The summed E-state index contributed by atoms with van der Waals surface area (Å²) in [7, 11) is 0. The fourth-order valence-electron chi connectivity index (χ4n) is 3.96. The van der Waals surface area contributed by atoms with Crippen molar-refractivity contribution >= 4 is 11.8 Å². The molecular weight excluding hydrogens is 434 g/mol. The summed E-state index contributed by atoms with van der Waals surface area (Å²) >= 11 is 0. The Morgan fingerprint density at radius 2 is 2.00 bits per heavy atom. The zero-order valence-corrected chi connectivity index (χ0v) is 19.2. The fraction of sp³-hybridized carbons (Fsp3) is 0.440. The van der Waals surface area contributed by atoms with Crippen molar-refractivity contribution < 1.29 is 19.4 Å². The number of aliphatic hydroxyl groups is 1. The first-order valence-electron chi connectivity index (χ1n) is 11.5. The van der Waals surface area contributed by atoms with Gasteiger partial charge in [-0.15, -0.1) is 0 Å². The molecule has 4 rings (SSSR count). The number of hydrogen-bond donors (Lipinski definition) is 2. The van der Waals surface area contributed by atoms with E-state index in [0.29, 0.717) is 31.1 Å². The highest BCUT2D eigenvalue weighted by atomic mass is 16.5. The summed E-state index contributed by atoms with van der Waals surface area (Å²) in [4.78, 5) is 21.3. The third kappa shape index (κ3) is 5.32. The predicted molar refractivity (Wildman–Crippen MR) is 128 cm³/mol. The van der Waals surface area contributed by atoms with Gasteiger partial charge in [0.05, 0.1) is 13.2 Å². The van der Waals surface area contributed by atoms with Crippen molar-refractivity contribution in [3.63, 3.8) is 0 Å². The molecule has 0 aromatic heterocycles. The van der Waals surface area contributed by atoms with Crippen molar-refractivity contribution in [1.82, 2.24) is 5.32 Å². The Balaban J connectivity index is 1.64. The first kappa shape index (κ1) is 23.6. The van der Waals surface area contributed by atoms with Crippen LogP contribution in [-0.4, -0.2) is 47.8 Å². The van der Waals surface area contributed by atoms with Crippen LogP contribution in [0.1, 0.15) is 42.9 Å². The zero-order valence-electron chi connectivity index (χ0n) is 19.2. The molecule has 0 saturated heterocycles. The van der Waals surface area contributed by atoms with E-state index in [1.54, 1.807) is 0 Å². The van der Waals surface area contributed by atoms with E-state index in [-0.39, 0.29) is 25.1 Å². The molecule has 1 aliphatic heterocycles. The average molecular weight is 464 g/mol. The van der Waals surface area contributed by atoms with Crippen LogP contribution in [0.25, 0.3) is 10.4 Å². The number of amides is 1. The number of ether oxygens (including phenoxy) is 2. The molecule has 2 atom stereocenters. The van der Waals surface area contributed by atoms with Crippen molar-refractivity contribution in [2.24, 2.45) is 10.1 Å². The van der Waals surface area contributed by atoms with E-state index >= 15 is 0 Å². The van der Waals surface area contributed by atoms with Gasteiger partial charge in [0, 0.05) is 36.0 Å². The number of azide groups is 1. The van der Waals surface area contributed by atoms with E-state index in [0.717, 1.165) is 29.5 Å². The Labute approximate surface area is 198 Å². The van der Waals surface area contributed by atoms with Gasteiger partial charge < -0.3 is 19.9 Å². The van der Waals surface area contributed by atoms with Crippen molar-refractivity contribution in [3.05, 3.63) is 75.7 Å². The molecule has 0 spiro atoms. The van der Waals surface area contributed by atoms with Gasteiger partial charge in [-0.2, -0.15) is 0 Å². The molecule has 0 radical (unpaired) electrons. The van der Waals surface area contributed by atoms with Gasteiger partial charge >= 0.3 is 0 Å². The number of aliphatic imine (C=N–C) groups is 1. The van der Waals surface area contributed by atoms with Crippen LogP contribution in [0.2, 0.25) is 0 Å². The standard InChI is InChI=1S/C25H29N5O4/c1-17-25(24(32)28-21-9-10-21,15-19-5-2-3-6-20(19)16-27-30-26)29-23(34-17)18-7-11-22(12-8-18)33-14-4-13-31/h2-3,5-8,11-12,17,21,31H,4,9-10,13-16H2,1H3,(H,28,32)/t17-,25-/m1/s1. The van der Waals surface area contributed by atoms with E-state index in [1.165, 1.54) is 0 Å². The third-order valence-electron chi connectivity index (χ3n) is 6.12. The summed E-state index contributed by atoms with van der Waals surface area (Å²) < 4.78 is 11.8. The summed E-state index contributed by atoms with van der Waals surface area (Å²) in [5.41, 5.74) is 10.1. The third-order valence-corrected chi connectivity index (χ3v) is 6.12. The molecule has 34 heavy (non-hydrogen) atoms. The fourth-order valence-corrected chi connectivity index (χ4v) is 3.96. The number of benzene rings is 2. The maximum absolute atomic E-state index is 13.5. The SMILES string of the molecule is C[C@H]1OC(c2ccc(OCCCO)cc2)=N[C@@]1(Cc1ccccc1CN=[N+]=[N-])C(=O)NC1CC1. The molecule has 0 bridgehead atoms. The number of nitrogens with zero attached hydrogens (tertiary/aromatic N) is 4. The lowest BCUT2D eigenvalue weighted by Crippen LogP contribution is -2.53. The number of aliphatic hydroxyl groups excluding tert-OH is 1. The van der Waals surface area contributed by atoms with E-state index in [2.05, 4.69) is 15.3 Å². The average Bonchev–Trinajstić information content (AvgIpc) is 3.60. The molecule has 1 saturated carbocycles. The lowest BCUT2D eigenvalue weighted by Gasteiger charge is -2.29. The van der Waals surface area contributed by atoms with Crippen LogP contribution >= 0.6 is 0 Å². The highest BCUT2D eigenvalue weighted by Gasteiger charge is 2.51. The van der Waals surface area contributed by atoms with Crippen molar-refractivity contribution in [3.8, 4) is 5.75 Å². The summed E-state index contributed by atoms with van der Waals surface area (Å²) in [5.74, 6) is 0.946. The Hall–Kier alpha value is -3.55. The van der Waals surface area contributed by atoms with E-state index < -0.39 is 11.6 Å². The number of nitrogens with one attached hydrogen (secondary N) is 1. The maximum atomic E-state index is 13.5. The van der Waals surface area contributed by atoms with Crippen LogP contribution in [0.4, 0.5) is 0 Å². The number of rotatable bonds is 11. The summed E-state index contributed by atoms with van der Waals surface area (Å²) in [6.45, 7) is 2.59. The van der Waals surface area contributed by atoms with Gasteiger partial charge in [-0.3, -0.25) is 4.79 Å². The van der Waals surface area contributed by atoms with Gasteiger partial charge in [0.25, 0.3) is 5.91 Å². The molecule has 178 valence electrons. The van der Waals surface area contributed by atoms with Gasteiger partial charge in [0.2, 0.25) is 5.90 Å². The smallest absolute Gasteiger partial charge is 0.252 e. The molecular formula is C25H29N5O4. The second kappa shape index (κ2) is 10.6. The minimum atomic E-state index is -1.14. The molecule has 0 unspecified atom stereocenters. The highest BCUT2D eigenvalue weighted by Crippen LogP contribution is 2.35. The lowest BCUT2D eigenvalue weighted by molar-refractivity contribution is -0.128. The van der Waals surface area contributed by atoms with Gasteiger partial charge in [0.1, 0.15) is 11.9 Å². The lowest BCUT2D eigenvalue weighted by atomic mass is 9.84. The van der Waals surface area contributed by atoms with Gasteiger partial charge in [-0.1, -0.05) is 29.4 Å². The van der Waals surface area contributed by atoms with Crippen molar-refractivity contribution in [2.75, 3.05) is 13.2 Å². The number of hydrogen-bond acceptors (Lipinski definition) is 6. The van der Waals surface area contributed by atoms with E-state index in [9.17, 15) is 4.79 Å². The van der Waals surface area contributed by atoms with Crippen molar-refractivity contribution in [1.29, 1.82) is 0 Å². The second-order valence-corrected chi connectivity index (χ2v) is 8.63. The first-order valence-corrected chi connectivity index (χ1v) is 11.5. The summed E-state index contributed by atoms with van der Waals surface area (Å²) in [5, 5.41) is 15.7. The second-order valence-electron chi connectivity index (χ2n) is 8.63. The van der Waals surface area contributed by atoms with Crippen LogP contribution < -0.4 is 10.1 Å². The Bertz CT molecular complexity index is 1090. The summed E-state index contributed by atoms with van der Waals surface area (Å²) in [6, 6.07) is 15.2.